The predicted molar refractivity (Wildman–Crippen MR) is 335 cm³/mol. The lowest BCUT2D eigenvalue weighted by Crippen LogP contribution is -2.34. The average Bonchev–Trinajstić information content (AvgIpc) is 2.36. The summed E-state index contributed by atoms with van der Waals surface area (Å²) in [5.41, 5.74) is 1.80. The SMILES string of the molecule is CC(=O)c1ncc(S(N)(=O)=O)s1.CC(=O)c1nccs1.CC(C)(O)c1ncc(S(N)(=O)=O)s1.CC1(c2ncc(S(N)(=O)=O)s2)OCCO1.CC1(c2nccs2)OCCO1.C[C@@H](c1ccc2c(c1NC(=O)NS(=O)(=O)c1cnc(C(C)(C)O)s1)CCC2)C1CC1. The van der Waals surface area contributed by atoms with Gasteiger partial charge >= 0.3 is 6.03 Å². The van der Waals surface area contributed by atoms with Crippen LogP contribution in [-0.2, 0) is 94.7 Å². The number of Topliss-reactive ketones (excluding diaryl/α,β-unsaturated/α-hetero) is 2. The summed E-state index contributed by atoms with van der Waals surface area (Å²) >= 11 is 6.38. The van der Waals surface area contributed by atoms with Crippen LogP contribution in [0.25, 0.3) is 0 Å². The van der Waals surface area contributed by atoms with Crippen LogP contribution in [0.3, 0.4) is 0 Å². The molecule has 488 valence electrons. The predicted octanol–water partition coefficient (Wildman–Crippen LogP) is 6.61. The molecule has 2 amide bonds. The van der Waals surface area contributed by atoms with Gasteiger partial charge in [0.1, 0.15) is 21.2 Å². The van der Waals surface area contributed by atoms with Crippen molar-refractivity contribution < 1.29 is 77.2 Å². The van der Waals surface area contributed by atoms with Gasteiger partial charge in [0.2, 0.25) is 41.6 Å². The van der Waals surface area contributed by atoms with Crippen LogP contribution in [0.4, 0.5) is 10.5 Å². The fourth-order valence-electron chi connectivity index (χ4n) is 7.99. The normalized spacial score (nSPS) is 16.4. The number of carbonyl (C=O) groups is 3. The quantitative estimate of drug-likeness (QED) is 0.0563. The minimum atomic E-state index is -4.09. The Morgan fingerprint density at radius 1 is 0.618 bits per heavy atom. The fraction of sp³-hybridized carbons (Fsp3) is 0.471. The third kappa shape index (κ3) is 20.8. The Morgan fingerprint density at radius 2 is 1.09 bits per heavy atom. The summed E-state index contributed by atoms with van der Waals surface area (Å²) in [4.78, 5) is 57.0. The Morgan fingerprint density at radius 3 is 1.51 bits per heavy atom. The van der Waals surface area contributed by atoms with Crippen LogP contribution < -0.4 is 25.5 Å². The van der Waals surface area contributed by atoms with E-state index in [4.69, 9.17) is 34.4 Å². The van der Waals surface area contributed by atoms with Gasteiger partial charge in [-0.1, -0.05) is 30.4 Å². The Balaban J connectivity index is 0.000000182. The summed E-state index contributed by atoms with van der Waals surface area (Å²) in [6.45, 7) is 17.0. The average molecular weight is 1430 g/mol. The van der Waals surface area contributed by atoms with Crippen molar-refractivity contribution in [2.24, 2.45) is 21.3 Å². The van der Waals surface area contributed by atoms with E-state index in [1.807, 2.05) is 12.3 Å². The van der Waals surface area contributed by atoms with Gasteiger partial charge in [-0.25, -0.2) is 88.5 Å². The Labute approximate surface area is 538 Å². The maximum absolute atomic E-state index is 12.7. The number of ketones is 2. The highest BCUT2D eigenvalue weighted by Crippen LogP contribution is 2.46. The molecule has 10 N–H and O–H groups in total. The van der Waals surface area contributed by atoms with Crippen LogP contribution in [0.5, 0.6) is 0 Å². The molecule has 0 unspecified atom stereocenters. The molecule has 1 atom stereocenters. The molecule has 1 saturated carbocycles. The van der Waals surface area contributed by atoms with E-state index in [-0.39, 0.29) is 38.4 Å². The number of rotatable bonds is 14. The van der Waals surface area contributed by atoms with E-state index in [0.29, 0.717) is 53.3 Å². The van der Waals surface area contributed by atoms with Crippen LogP contribution in [0.2, 0.25) is 0 Å². The Bertz CT molecular complexity index is 4030. The van der Waals surface area contributed by atoms with E-state index in [0.717, 1.165) is 105 Å². The number of ether oxygens (including phenoxy) is 4. The zero-order chi connectivity index (χ0) is 66.1. The van der Waals surface area contributed by atoms with Crippen molar-refractivity contribution in [1.82, 2.24) is 34.6 Å². The van der Waals surface area contributed by atoms with Crippen molar-refractivity contribution in [3.05, 3.63) is 107 Å². The van der Waals surface area contributed by atoms with Crippen molar-refractivity contribution >= 4 is 131 Å². The highest BCUT2D eigenvalue weighted by atomic mass is 32.3. The first-order chi connectivity index (χ1) is 41.2. The van der Waals surface area contributed by atoms with Gasteiger partial charge in [-0.3, -0.25) is 9.59 Å². The second-order valence-electron chi connectivity index (χ2n) is 21.0. The molecule has 38 heteroatoms. The van der Waals surface area contributed by atoms with E-state index < -0.39 is 68.9 Å². The first-order valence-electron chi connectivity index (χ1n) is 26.5. The molecule has 2 aliphatic carbocycles. The monoisotopic (exact) mass is 1430 g/mol. The summed E-state index contributed by atoms with van der Waals surface area (Å²) in [7, 11) is -15.2. The molecule has 2 saturated heterocycles. The van der Waals surface area contributed by atoms with Gasteiger partial charge < -0.3 is 34.5 Å². The molecule has 0 spiro atoms. The van der Waals surface area contributed by atoms with E-state index in [1.165, 1.54) is 77.5 Å². The lowest BCUT2D eigenvalue weighted by Gasteiger charge is -2.20. The number of amides is 2. The molecule has 6 aromatic heterocycles. The maximum atomic E-state index is 12.7. The third-order valence-corrected chi connectivity index (χ3v) is 25.4. The number of thiazole rings is 6. The number of hydrogen-bond donors (Lipinski definition) is 7. The van der Waals surface area contributed by atoms with Crippen molar-refractivity contribution in [1.29, 1.82) is 0 Å². The number of aromatic nitrogens is 6. The molecule has 1 aromatic carbocycles. The number of anilines is 1. The number of nitrogens with two attached hydrogens (primary N) is 3. The molecule has 3 fully saturated rings. The van der Waals surface area contributed by atoms with E-state index >= 15 is 0 Å². The largest absolute Gasteiger partial charge is 0.383 e. The second-order valence-corrected chi connectivity index (χ2v) is 34.2. The lowest BCUT2D eigenvalue weighted by molar-refractivity contribution is -0.150. The zero-order valence-corrected chi connectivity index (χ0v) is 57.5. The number of benzene rings is 1. The number of aliphatic hydroxyl groups is 2. The molecule has 0 bridgehead atoms. The number of nitrogens with zero attached hydrogens (tertiary/aromatic N) is 6. The van der Waals surface area contributed by atoms with Gasteiger partial charge in [0.15, 0.2) is 48.4 Å². The van der Waals surface area contributed by atoms with Crippen LogP contribution in [0.1, 0.15) is 144 Å². The molecular formula is C51H67N11O17S10. The summed E-state index contributed by atoms with van der Waals surface area (Å²) in [5.74, 6) is -0.801. The van der Waals surface area contributed by atoms with Crippen LogP contribution in [-0.4, -0.2) is 118 Å². The number of nitrogens with one attached hydrogen (secondary N) is 2. The Hall–Kier alpha value is -4.95. The first-order valence-corrected chi connectivity index (χ1v) is 37.6. The summed E-state index contributed by atoms with van der Waals surface area (Å²) in [6, 6.07) is 3.44. The topological polar surface area (TPSA) is 445 Å². The first kappa shape index (κ1) is 73.1. The standard InChI is InChI=1S/C21H27N3O4S2.C7H10N2O4S2.C7H9NO2S.C6H10N2O3S2.C5H6N2O3S2.C5H5NOS/c1-12(13-7-8-13)15-10-9-14-5-4-6-16(14)18(15)23-20(25)24-30(27,28)17-11-22-19(29-17)21(2,3)26;1-7(12-2-3-13-7)6-9-4-5(14-6)15(8,10)11;1-7(9-3-4-10-7)6-8-2-5-11-6;1-6(2,9)5-8-3-4(12-5)13(7,10)11;1-3(8)5-7-2-4(11-5)12(6,9)10;1-4(7)5-6-2-3-8-5/h9-13,26H,4-8H2,1-3H3,(H2,23,24,25);4H,2-3H2,1H3,(H2,8,10,11);2,5H,3-4H2,1H3;3,9H,1-2H3,(H2,7,10,11);2H,1H3,(H2,6,9,10);2-3H,1H3/t12-;;;;;/m1...../s1. The molecular weight excluding hydrogens is 1360 g/mol. The number of fused-ring (bicyclic) bond motifs is 1. The molecule has 4 aliphatic rings. The smallest absolute Gasteiger partial charge is 0.333 e. The highest BCUT2D eigenvalue weighted by Gasteiger charge is 2.38. The van der Waals surface area contributed by atoms with Crippen LogP contribution >= 0.6 is 68.0 Å². The van der Waals surface area contributed by atoms with Crippen LogP contribution in [0, 0.1) is 5.92 Å². The minimum Gasteiger partial charge on any atom is -0.383 e. The third-order valence-electron chi connectivity index (χ3n) is 12.6. The molecule has 2 aliphatic heterocycles. The number of sulfonamides is 4. The zero-order valence-electron chi connectivity index (χ0n) is 49.3. The summed E-state index contributed by atoms with van der Waals surface area (Å²) < 4.78 is 114. The molecule has 28 nitrogen and oxygen atoms in total. The number of carbonyl (C=O) groups excluding carboxylic acids is 3. The van der Waals surface area contributed by atoms with Gasteiger partial charge in [0.05, 0.1) is 51.2 Å². The number of aryl methyl sites for hydroxylation is 1. The second kappa shape index (κ2) is 29.8. The maximum Gasteiger partial charge on any atom is 0.333 e. The Kier molecular flexibility index (Phi) is 24.5. The minimum absolute atomic E-state index is 0.0119. The van der Waals surface area contributed by atoms with E-state index in [2.05, 4.69) is 59.0 Å². The van der Waals surface area contributed by atoms with Crippen molar-refractivity contribution in [2.45, 2.75) is 140 Å². The molecule has 0 radical (unpaired) electrons. The van der Waals surface area contributed by atoms with Crippen molar-refractivity contribution in [3.63, 3.8) is 0 Å². The number of primary sulfonamides is 3. The van der Waals surface area contributed by atoms with Crippen molar-refractivity contribution in [2.75, 3.05) is 31.7 Å². The fourth-order valence-corrected chi connectivity index (χ4v) is 15.9. The molecule has 7 aromatic rings. The molecule has 11 rings (SSSR count). The molecule has 89 heavy (non-hydrogen) atoms. The van der Waals surface area contributed by atoms with E-state index in [1.54, 1.807) is 36.0 Å². The van der Waals surface area contributed by atoms with Gasteiger partial charge in [-0.05, 0) is 102 Å². The summed E-state index contributed by atoms with van der Waals surface area (Å²) in [5, 5.41) is 43.4. The molecule has 8 heterocycles. The van der Waals surface area contributed by atoms with Gasteiger partial charge in [0, 0.05) is 42.7 Å². The summed E-state index contributed by atoms with van der Waals surface area (Å²) in [6.07, 6.45) is 13.3. The van der Waals surface area contributed by atoms with Gasteiger partial charge in [0.25, 0.3) is 10.0 Å². The number of urea groups is 1. The van der Waals surface area contributed by atoms with Gasteiger partial charge in [-0.15, -0.1) is 56.7 Å². The highest BCUT2D eigenvalue weighted by molar-refractivity contribution is 7.92. The van der Waals surface area contributed by atoms with Gasteiger partial charge in [-0.2, -0.15) is 0 Å². The van der Waals surface area contributed by atoms with E-state index in [9.17, 15) is 58.3 Å². The van der Waals surface area contributed by atoms with Crippen LogP contribution in [0.15, 0.2) is 76.9 Å². The van der Waals surface area contributed by atoms with Crippen molar-refractivity contribution in [3.8, 4) is 0 Å². The lowest BCUT2D eigenvalue weighted by atomic mass is 9.91. The number of hydrogen-bond acceptors (Lipinski definition) is 29.